The van der Waals surface area contributed by atoms with Crippen LogP contribution in [0.15, 0.2) is 10.3 Å². The maximum absolute atomic E-state index is 6.03. The van der Waals surface area contributed by atoms with Gasteiger partial charge in [0.05, 0.1) is 0 Å². The van der Waals surface area contributed by atoms with Crippen LogP contribution >= 0.6 is 23.5 Å². The molecule has 114 valence electrons. The fourth-order valence-corrected chi connectivity index (χ4v) is 3.84. The summed E-state index contributed by atoms with van der Waals surface area (Å²) in [6.07, 6.45) is 4.54. The van der Waals surface area contributed by atoms with Gasteiger partial charge in [0.2, 0.25) is 10.3 Å². The number of thioether (sulfide) groups is 2. The number of aryl methyl sites for hydroxylation is 2. The van der Waals surface area contributed by atoms with Gasteiger partial charge < -0.3 is 11.7 Å². The van der Waals surface area contributed by atoms with Crippen molar-refractivity contribution in [3.63, 3.8) is 0 Å². The third kappa shape index (κ3) is 3.26. The summed E-state index contributed by atoms with van der Waals surface area (Å²) in [5.41, 5.74) is 0. The van der Waals surface area contributed by atoms with Crippen molar-refractivity contribution in [1.29, 1.82) is 0 Å². The second kappa shape index (κ2) is 6.56. The van der Waals surface area contributed by atoms with Gasteiger partial charge in [0, 0.05) is 24.3 Å². The Morgan fingerprint density at radius 1 is 0.714 bits per heavy atom. The first-order valence-electron chi connectivity index (χ1n) is 6.90. The van der Waals surface area contributed by atoms with Gasteiger partial charge in [0.1, 0.15) is 0 Å². The lowest BCUT2D eigenvalue weighted by Crippen LogP contribution is -2.16. The maximum atomic E-state index is 6.03. The Hall–Kier alpha value is -1.42. The first kappa shape index (κ1) is 14.5. The molecule has 0 atom stereocenters. The molecule has 2 aromatic rings. The lowest BCUT2D eigenvalue weighted by molar-refractivity contribution is 0.685. The Morgan fingerprint density at radius 3 is 1.67 bits per heavy atom. The van der Waals surface area contributed by atoms with E-state index in [9.17, 15) is 0 Å². The Balaban J connectivity index is 1.76. The van der Waals surface area contributed by atoms with Crippen LogP contribution in [0, 0.1) is 0 Å². The van der Waals surface area contributed by atoms with E-state index in [2.05, 4.69) is 20.4 Å². The molecule has 0 aliphatic carbocycles. The molecule has 4 N–H and O–H groups in total. The average molecular weight is 326 g/mol. The molecule has 4 bridgehead atoms. The molecule has 1 aliphatic rings. The number of hydrogen-bond donors (Lipinski definition) is 2. The molecule has 0 amide bonds. The Labute approximate surface area is 131 Å². The van der Waals surface area contributed by atoms with E-state index in [1.165, 1.54) is 0 Å². The molecule has 0 radical (unpaired) electrons. The quantitative estimate of drug-likeness (QED) is 0.671. The predicted octanol–water partition coefficient (Wildman–Crippen LogP) is 0.450. The second-order valence-corrected chi connectivity index (χ2v) is 6.92. The molecule has 0 aromatic carbocycles. The van der Waals surface area contributed by atoms with E-state index in [-0.39, 0.29) is 0 Å². The van der Waals surface area contributed by atoms with Crippen LogP contribution in [0.25, 0.3) is 0 Å². The number of nitrogen functional groups attached to an aromatic ring is 2. The fraction of sp³-hybridized carbons (Fsp3) is 0.636. The lowest BCUT2D eigenvalue weighted by atomic mass is 10.2. The van der Waals surface area contributed by atoms with E-state index in [4.69, 9.17) is 11.7 Å². The lowest BCUT2D eigenvalue weighted by Gasteiger charge is -2.03. The van der Waals surface area contributed by atoms with Crippen LogP contribution in [0.4, 0.5) is 0 Å². The van der Waals surface area contributed by atoms with E-state index in [1.807, 2.05) is 0 Å². The molecule has 0 unspecified atom stereocenters. The SMILES string of the molecule is Nn1c2nnc1SCCCCSc1nnc(n1N)CCC2. The molecule has 1 aliphatic heterocycles. The molecule has 0 fully saturated rings. The Kier molecular flexibility index (Phi) is 4.54. The normalized spacial score (nSPS) is 17.1. The fourth-order valence-electron chi connectivity index (χ4n) is 2.09. The summed E-state index contributed by atoms with van der Waals surface area (Å²) < 4.78 is 3.19. The van der Waals surface area contributed by atoms with E-state index >= 15 is 0 Å². The zero-order valence-electron chi connectivity index (χ0n) is 11.6. The van der Waals surface area contributed by atoms with Crippen molar-refractivity contribution in [1.82, 2.24) is 29.7 Å². The summed E-state index contributed by atoms with van der Waals surface area (Å²) in [7, 11) is 0. The smallest absolute Gasteiger partial charge is 0.209 e. The number of fused-ring (bicyclic) bond motifs is 4. The van der Waals surface area contributed by atoms with Gasteiger partial charge in [0.25, 0.3) is 0 Å². The van der Waals surface area contributed by atoms with Gasteiger partial charge >= 0.3 is 0 Å². The van der Waals surface area contributed by atoms with Crippen LogP contribution in [-0.2, 0) is 12.8 Å². The van der Waals surface area contributed by atoms with E-state index in [0.717, 1.165) is 65.6 Å². The number of hydrogen-bond acceptors (Lipinski definition) is 8. The van der Waals surface area contributed by atoms with Crippen LogP contribution in [-0.4, -0.2) is 41.3 Å². The molecular formula is C11H18N8S2. The Bertz CT molecular complexity index is 555. The van der Waals surface area contributed by atoms with Gasteiger partial charge in [0.15, 0.2) is 11.6 Å². The molecule has 3 rings (SSSR count). The second-order valence-electron chi connectivity index (χ2n) is 4.80. The van der Waals surface area contributed by atoms with Crippen molar-refractivity contribution < 1.29 is 0 Å². The molecule has 0 saturated carbocycles. The van der Waals surface area contributed by atoms with Crippen LogP contribution in [0.2, 0.25) is 0 Å². The van der Waals surface area contributed by atoms with E-state index in [1.54, 1.807) is 32.9 Å². The summed E-state index contributed by atoms with van der Waals surface area (Å²) in [5.74, 6) is 15.6. The number of nitrogens with two attached hydrogens (primary N) is 2. The third-order valence-electron chi connectivity index (χ3n) is 3.27. The van der Waals surface area contributed by atoms with Gasteiger partial charge in [-0.2, -0.15) is 0 Å². The molecule has 10 heteroatoms. The van der Waals surface area contributed by atoms with Crippen LogP contribution in [0.5, 0.6) is 0 Å². The third-order valence-corrected chi connectivity index (χ3v) is 5.33. The van der Waals surface area contributed by atoms with Gasteiger partial charge in [-0.25, -0.2) is 9.35 Å². The topological polar surface area (TPSA) is 113 Å². The number of nitrogens with zero attached hydrogens (tertiary/aromatic N) is 6. The summed E-state index contributed by atoms with van der Waals surface area (Å²) in [6, 6.07) is 0. The van der Waals surface area contributed by atoms with E-state index < -0.39 is 0 Å². The van der Waals surface area contributed by atoms with Crippen molar-refractivity contribution in [2.75, 3.05) is 23.2 Å². The highest BCUT2D eigenvalue weighted by atomic mass is 32.2. The van der Waals surface area contributed by atoms with E-state index in [0.29, 0.717) is 0 Å². The van der Waals surface area contributed by atoms with Crippen LogP contribution in [0.1, 0.15) is 30.9 Å². The minimum Gasteiger partial charge on any atom is -0.336 e. The molecule has 3 heterocycles. The zero-order chi connectivity index (χ0) is 14.7. The minimum absolute atomic E-state index is 0.749. The Morgan fingerprint density at radius 2 is 1.19 bits per heavy atom. The largest absolute Gasteiger partial charge is 0.336 e. The van der Waals surface area contributed by atoms with Gasteiger partial charge in [-0.1, -0.05) is 23.5 Å². The van der Waals surface area contributed by atoms with Crippen molar-refractivity contribution >= 4 is 23.5 Å². The molecule has 0 saturated heterocycles. The van der Waals surface area contributed by atoms with Gasteiger partial charge in [-0.05, 0) is 19.3 Å². The first-order valence-corrected chi connectivity index (χ1v) is 8.87. The number of aromatic nitrogens is 6. The summed E-state index contributed by atoms with van der Waals surface area (Å²) in [6.45, 7) is 0. The molecule has 0 spiro atoms. The van der Waals surface area contributed by atoms with Crippen LogP contribution < -0.4 is 11.7 Å². The molecule has 21 heavy (non-hydrogen) atoms. The van der Waals surface area contributed by atoms with Gasteiger partial charge in [-0.3, -0.25) is 0 Å². The van der Waals surface area contributed by atoms with Crippen molar-refractivity contribution in [3.05, 3.63) is 11.6 Å². The molecular weight excluding hydrogens is 308 g/mol. The van der Waals surface area contributed by atoms with Crippen molar-refractivity contribution in [2.45, 2.75) is 42.4 Å². The average Bonchev–Trinajstić information content (AvgIpc) is 2.99. The highest BCUT2D eigenvalue weighted by Crippen LogP contribution is 2.21. The monoisotopic (exact) mass is 326 g/mol. The number of rotatable bonds is 0. The highest BCUT2D eigenvalue weighted by molar-refractivity contribution is 7.99. The van der Waals surface area contributed by atoms with Crippen LogP contribution in [0.3, 0.4) is 0 Å². The summed E-state index contributed by atoms with van der Waals surface area (Å²) in [5, 5.41) is 18.2. The van der Waals surface area contributed by atoms with Crippen molar-refractivity contribution in [2.24, 2.45) is 0 Å². The first-order chi connectivity index (χ1) is 10.3. The standard InChI is InChI=1S/C11H18N8S2/c12-18-8-4-3-5-9-15-17-11(19(9)13)21-7-2-1-6-20-10(18)16-14-8/h1-7,12-13H2. The predicted molar refractivity (Wildman–Crippen MR) is 83.1 cm³/mol. The van der Waals surface area contributed by atoms with Gasteiger partial charge in [-0.15, -0.1) is 20.4 Å². The zero-order valence-corrected chi connectivity index (χ0v) is 13.2. The maximum Gasteiger partial charge on any atom is 0.209 e. The summed E-state index contributed by atoms with van der Waals surface area (Å²) in [4.78, 5) is 0. The summed E-state index contributed by atoms with van der Waals surface area (Å²) >= 11 is 3.31. The molecule has 8 nitrogen and oxygen atoms in total. The highest BCUT2D eigenvalue weighted by Gasteiger charge is 2.13. The molecule has 2 aromatic heterocycles. The van der Waals surface area contributed by atoms with Crippen molar-refractivity contribution in [3.8, 4) is 0 Å². The minimum atomic E-state index is 0.749.